The number of hydrogen-bond acceptors (Lipinski definition) is 3. The molecule has 0 bridgehead atoms. The van der Waals surface area contributed by atoms with Gasteiger partial charge < -0.3 is 10.4 Å². The summed E-state index contributed by atoms with van der Waals surface area (Å²) in [4.78, 5) is 24.5. The molecule has 2 N–H and O–H groups in total. The molecule has 0 saturated heterocycles. The normalized spacial score (nSPS) is 14.7. The molecule has 1 aromatic heterocycles. The summed E-state index contributed by atoms with van der Waals surface area (Å²) in [5.41, 5.74) is -0.607. The van der Waals surface area contributed by atoms with Gasteiger partial charge in [-0.15, -0.1) is 11.3 Å². The maximum atomic E-state index is 12.2. The minimum absolute atomic E-state index is 0.114. The van der Waals surface area contributed by atoms with Crippen molar-refractivity contribution in [2.75, 3.05) is 0 Å². The van der Waals surface area contributed by atoms with Crippen molar-refractivity contribution in [1.82, 2.24) is 5.32 Å². The number of aliphatic carboxylic acids is 1. The quantitative estimate of drug-likeness (QED) is 0.816. The highest BCUT2D eigenvalue weighted by atomic mass is 32.1. The van der Waals surface area contributed by atoms with E-state index >= 15 is 0 Å². The van der Waals surface area contributed by atoms with Gasteiger partial charge in [-0.1, -0.05) is 33.8 Å². The second-order valence-electron chi connectivity index (χ2n) is 5.62. The number of carboxylic acid groups (broad SMARTS) is 1. The molecule has 5 heteroatoms. The SMILES string of the molecule is CCC(NC(=O)C(C(=O)O)C(C)(C)C)c1cccs1. The van der Waals surface area contributed by atoms with Crippen LogP contribution in [0, 0.1) is 11.3 Å². The summed E-state index contributed by atoms with van der Waals surface area (Å²) >= 11 is 1.56. The summed E-state index contributed by atoms with van der Waals surface area (Å²) < 4.78 is 0. The zero-order chi connectivity index (χ0) is 14.6. The number of hydrogen-bond donors (Lipinski definition) is 2. The Hall–Kier alpha value is -1.36. The third-order valence-corrected chi connectivity index (χ3v) is 3.97. The van der Waals surface area contributed by atoms with Crippen molar-refractivity contribution in [3.63, 3.8) is 0 Å². The van der Waals surface area contributed by atoms with E-state index in [9.17, 15) is 14.7 Å². The predicted molar refractivity (Wildman–Crippen MR) is 76.1 cm³/mol. The van der Waals surface area contributed by atoms with Gasteiger partial charge in [-0.3, -0.25) is 9.59 Å². The zero-order valence-corrected chi connectivity index (χ0v) is 12.6. The lowest BCUT2D eigenvalue weighted by Gasteiger charge is -2.27. The molecule has 0 saturated carbocycles. The first-order chi connectivity index (χ1) is 8.77. The monoisotopic (exact) mass is 283 g/mol. The molecule has 106 valence electrons. The van der Waals surface area contributed by atoms with E-state index in [2.05, 4.69) is 5.32 Å². The Bertz CT molecular complexity index is 434. The van der Waals surface area contributed by atoms with Gasteiger partial charge in [0.25, 0.3) is 0 Å². The molecule has 1 rings (SSSR count). The van der Waals surface area contributed by atoms with Crippen molar-refractivity contribution in [2.45, 2.75) is 40.2 Å². The van der Waals surface area contributed by atoms with Gasteiger partial charge >= 0.3 is 5.97 Å². The molecule has 0 aliphatic heterocycles. The van der Waals surface area contributed by atoms with E-state index in [0.717, 1.165) is 11.3 Å². The van der Waals surface area contributed by atoms with Crippen LogP contribution < -0.4 is 5.32 Å². The van der Waals surface area contributed by atoms with Gasteiger partial charge in [-0.05, 0) is 23.3 Å². The van der Waals surface area contributed by atoms with E-state index in [0.29, 0.717) is 0 Å². The van der Waals surface area contributed by atoms with Crippen LogP contribution in [0.4, 0.5) is 0 Å². The summed E-state index contributed by atoms with van der Waals surface area (Å²) in [5.74, 6) is -2.53. The lowest BCUT2D eigenvalue weighted by atomic mass is 9.80. The average molecular weight is 283 g/mol. The first kappa shape index (κ1) is 15.7. The Morgan fingerprint density at radius 1 is 1.42 bits per heavy atom. The Morgan fingerprint density at radius 2 is 2.05 bits per heavy atom. The molecular weight excluding hydrogens is 262 g/mol. The summed E-state index contributed by atoms with van der Waals surface area (Å²) in [6, 6.07) is 3.76. The van der Waals surface area contributed by atoms with Gasteiger partial charge in [0.15, 0.2) is 0 Å². The standard InChI is InChI=1S/C14H21NO3S/c1-5-9(10-7-6-8-19-10)15-12(16)11(13(17)18)14(2,3)4/h6-9,11H,5H2,1-4H3,(H,15,16)(H,17,18). The first-order valence-electron chi connectivity index (χ1n) is 6.34. The summed E-state index contributed by atoms with van der Waals surface area (Å²) in [7, 11) is 0. The highest BCUT2D eigenvalue weighted by Crippen LogP contribution is 2.28. The van der Waals surface area contributed by atoms with E-state index < -0.39 is 23.2 Å². The number of rotatable bonds is 5. The molecule has 0 aliphatic rings. The molecule has 2 unspecified atom stereocenters. The minimum Gasteiger partial charge on any atom is -0.481 e. The third-order valence-electron chi connectivity index (χ3n) is 2.99. The van der Waals surface area contributed by atoms with E-state index in [1.807, 2.05) is 24.4 Å². The number of thiophene rings is 1. The highest BCUT2D eigenvalue weighted by molar-refractivity contribution is 7.10. The molecule has 2 atom stereocenters. The lowest BCUT2D eigenvalue weighted by molar-refractivity contribution is -0.151. The van der Waals surface area contributed by atoms with Crippen molar-refractivity contribution in [3.8, 4) is 0 Å². The van der Waals surface area contributed by atoms with E-state index in [1.165, 1.54) is 0 Å². The maximum absolute atomic E-state index is 12.2. The second kappa shape index (κ2) is 6.19. The van der Waals surface area contributed by atoms with Crippen LogP contribution in [0.5, 0.6) is 0 Å². The van der Waals surface area contributed by atoms with E-state index in [4.69, 9.17) is 0 Å². The molecule has 19 heavy (non-hydrogen) atoms. The van der Waals surface area contributed by atoms with Crippen molar-refractivity contribution >= 4 is 23.2 Å². The number of carbonyl (C=O) groups is 2. The second-order valence-corrected chi connectivity index (χ2v) is 6.60. The van der Waals surface area contributed by atoms with Crippen LogP contribution in [-0.2, 0) is 9.59 Å². The molecule has 0 aromatic carbocycles. The average Bonchev–Trinajstić information content (AvgIpc) is 2.76. The van der Waals surface area contributed by atoms with Gasteiger partial charge in [0.1, 0.15) is 5.92 Å². The Morgan fingerprint density at radius 3 is 2.42 bits per heavy atom. The molecule has 0 fully saturated rings. The van der Waals surface area contributed by atoms with Crippen molar-refractivity contribution < 1.29 is 14.7 Å². The summed E-state index contributed by atoms with van der Waals surface area (Å²) in [5, 5.41) is 14.0. The Balaban J connectivity index is 2.84. The third kappa shape index (κ3) is 4.06. The summed E-state index contributed by atoms with van der Waals surface area (Å²) in [6.45, 7) is 7.25. The molecule has 0 radical (unpaired) electrons. The molecule has 1 aromatic rings. The van der Waals surface area contributed by atoms with Crippen LogP contribution in [0.1, 0.15) is 45.0 Å². The highest BCUT2D eigenvalue weighted by Gasteiger charge is 2.38. The molecule has 0 aliphatic carbocycles. The first-order valence-corrected chi connectivity index (χ1v) is 7.22. The van der Waals surface area contributed by atoms with Crippen molar-refractivity contribution in [2.24, 2.45) is 11.3 Å². The largest absolute Gasteiger partial charge is 0.481 e. The van der Waals surface area contributed by atoms with Crippen LogP contribution in [-0.4, -0.2) is 17.0 Å². The molecular formula is C14H21NO3S. The number of nitrogens with one attached hydrogen (secondary N) is 1. The Labute approximate surface area is 117 Å². The number of amides is 1. The molecule has 1 heterocycles. The van der Waals surface area contributed by atoms with Gasteiger partial charge in [-0.2, -0.15) is 0 Å². The molecule has 1 amide bonds. The fourth-order valence-electron chi connectivity index (χ4n) is 1.99. The Kier molecular flexibility index (Phi) is 5.11. The van der Waals surface area contributed by atoms with Crippen LogP contribution >= 0.6 is 11.3 Å². The van der Waals surface area contributed by atoms with Crippen LogP contribution in [0.2, 0.25) is 0 Å². The lowest BCUT2D eigenvalue weighted by Crippen LogP contribution is -2.43. The van der Waals surface area contributed by atoms with Crippen molar-refractivity contribution in [1.29, 1.82) is 0 Å². The fraction of sp³-hybridized carbons (Fsp3) is 0.571. The maximum Gasteiger partial charge on any atom is 0.316 e. The van der Waals surface area contributed by atoms with Gasteiger partial charge in [0.2, 0.25) is 5.91 Å². The number of carboxylic acids is 1. The molecule has 4 nitrogen and oxygen atoms in total. The van der Waals surface area contributed by atoms with E-state index in [1.54, 1.807) is 32.1 Å². The van der Waals surface area contributed by atoms with Crippen LogP contribution in [0.25, 0.3) is 0 Å². The van der Waals surface area contributed by atoms with Gasteiger partial charge in [-0.25, -0.2) is 0 Å². The topological polar surface area (TPSA) is 66.4 Å². The zero-order valence-electron chi connectivity index (χ0n) is 11.8. The van der Waals surface area contributed by atoms with Crippen LogP contribution in [0.15, 0.2) is 17.5 Å². The van der Waals surface area contributed by atoms with Crippen molar-refractivity contribution in [3.05, 3.63) is 22.4 Å². The van der Waals surface area contributed by atoms with E-state index in [-0.39, 0.29) is 6.04 Å². The summed E-state index contributed by atoms with van der Waals surface area (Å²) in [6.07, 6.45) is 0.739. The smallest absolute Gasteiger partial charge is 0.316 e. The molecule has 0 spiro atoms. The van der Waals surface area contributed by atoms with Gasteiger partial charge in [0, 0.05) is 4.88 Å². The van der Waals surface area contributed by atoms with Crippen LogP contribution in [0.3, 0.4) is 0 Å². The predicted octanol–water partition coefficient (Wildman–Crippen LogP) is 3.06. The van der Waals surface area contributed by atoms with Gasteiger partial charge in [0.05, 0.1) is 6.04 Å². The fourth-order valence-corrected chi connectivity index (χ4v) is 2.86. The number of carbonyl (C=O) groups excluding carboxylic acids is 1. The minimum atomic E-state index is -1.08.